The van der Waals surface area contributed by atoms with E-state index in [1.807, 2.05) is 0 Å². The topological polar surface area (TPSA) is 71.8 Å². The minimum absolute atomic E-state index is 0.0465. The maximum atomic E-state index is 11.0. The molecule has 2 rings (SSSR count). The number of fused-ring (bicyclic) bond motifs is 1. The molecule has 0 saturated carbocycles. The fourth-order valence-electron chi connectivity index (χ4n) is 1.07. The monoisotopic (exact) mass is 195 g/mol. The van der Waals surface area contributed by atoms with Crippen molar-refractivity contribution in [3.63, 3.8) is 0 Å². The van der Waals surface area contributed by atoms with Crippen LogP contribution in [0.1, 0.15) is 0 Å². The zero-order valence-electron chi connectivity index (χ0n) is 6.54. The van der Waals surface area contributed by atoms with Crippen molar-refractivity contribution in [3.05, 3.63) is 33.6 Å². The van der Waals surface area contributed by atoms with Crippen LogP contribution in [0.3, 0.4) is 0 Å². The number of nitrogens with zero attached hydrogens (tertiary/aromatic N) is 1. The maximum absolute atomic E-state index is 11.0. The predicted molar refractivity (Wildman–Crippen MR) is 51.8 cm³/mol. The Balaban J connectivity index is 2.89. The number of hydrogen-bond acceptors (Lipinski definition) is 3. The minimum atomic E-state index is -0.380. The number of nitrogens with one attached hydrogen (secondary N) is 1. The molecule has 0 bridgehead atoms. The van der Waals surface area contributed by atoms with Gasteiger partial charge in [0.25, 0.3) is 5.56 Å². The lowest BCUT2D eigenvalue weighted by Crippen LogP contribution is -2.13. The number of benzene rings is 1. The van der Waals surface area contributed by atoms with Gasteiger partial charge in [0.05, 0.1) is 11.0 Å². The van der Waals surface area contributed by atoms with Crippen LogP contribution in [0.4, 0.5) is 5.82 Å². The molecule has 1 aromatic carbocycles. The van der Waals surface area contributed by atoms with Crippen molar-refractivity contribution in [2.75, 3.05) is 5.73 Å². The van der Waals surface area contributed by atoms with Crippen LogP contribution in [-0.2, 0) is 0 Å². The molecule has 5 heteroatoms. The minimum Gasteiger partial charge on any atom is -0.379 e. The van der Waals surface area contributed by atoms with Gasteiger partial charge in [0.2, 0.25) is 0 Å². The van der Waals surface area contributed by atoms with E-state index in [4.69, 9.17) is 17.3 Å². The highest BCUT2D eigenvalue weighted by atomic mass is 35.5. The molecule has 0 unspecified atom stereocenters. The highest BCUT2D eigenvalue weighted by Gasteiger charge is 2.00. The van der Waals surface area contributed by atoms with Crippen LogP contribution in [0, 0.1) is 0 Å². The van der Waals surface area contributed by atoms with Crippen molar-refractivity contribution < 1.29 is 0 Å². The Hall–Kier alpha value is -1.55. The summed E-state index contributed by atoms with van der Waals surface area (Å²) >= 11 is 5.74. The fraction of sp³-hybridized carbons (Fsp3) is 0. The van der Waals surface area contributed by atoms with E-state index < -0.39 is 0 Å². The van der Waals surface area contributed by atoms with Gasteiger partial charge in [0, 0.05) is 5.02 Å². The molecular formula is C8H6ClN3O. The molecule has 0 fully saturated rings. The molecule has 0 aliphatic heterocycles. The normalized spacial score (nSPS) is 10.5. The summed E-state index contributed by atoms with van der Waals surface area (Å²) in [6.07, 6.45) is 0. The summed E-state index contributed by atoms with van der Waals surface area (Å²) in [4.78, 5) is 17.5. The number of anilines is 1. The summed E-state index contributed by atoms with van der Waals surface area (Å²) < 4.78 is 0. The first-order chi connectivity index (χ1) is 6.16. The Labute approximate surface area is 78.4 Å². The molecule has 1 aromatic heterocycles. The van der Waals surface area contributed by atoms with Crippen LogP contribution in [0.25, 0.3) is 11.0 Å². The first-order valence-corrected chi connectivity index (χ1v) is 3.99. The van der Waals surface area contributed by atoms with Gasteiger partial charge in [-0.1, -0.05) is 11.6 Å². The second-order valence-corrected chi connectivity index (χ2v) is 3.05. The van der Waals surface area contributed by atoms with Crippen molar-refractivity contribution in [3.8, 4) is 0 Å². The fourth-order valence-corrected chi connectivity index (χ4v) is 1.24. The number of rotatable bonds is 0. The van der Waals surface area contributed by atoms with Gasteiger partial charge >= 0.3 is 0 Å². The molecule has 0 saturated heterocycles. The first-order valence-electron chi connectivity index (χ1n) is 3.62. The standard InChI is InChI=1S/C8H6ClN3O/c9-4-1-2-5-6(3-4)11-7(10)8(13)12-5/h1-3H,(H2,10,11)(H,12,13). The molecule has 3 N–H and O–H groups in total. The van der Waals surface area contributed by atoms with E-state index in [9.17, 15) is 4.79 Å². The summed E-state index contributed by atoms with van der Waals surface area (Å²) in [5.74, 6) is -0.0465. The largest absolute Gasteiger partial charge is 0.379 e. The van der Waals surface area contributed by atoms with Gasteiger partial charge in [0.1, 0.15) is 0 Å². The summed E-state index contributed by atoms with van der Waals surface area (Å²) in [5, 5.41) is 0.562. The predicted octanol–water partition coefficient (Wildman–Crippen LogP) is 1.16. The van der Waals surface area contributed by atoms with Gasteiger partial charge in [-0.2, -0.15) is 0 Å². The Morgan fingerprint density at radius 3 is 3.00 bits per heavy atom. The summed E-state index contributed by atoms with van der Waals surface area (Å²) in [6, 6.07) is 5.01. The quantitative estimate of drug-likeness (QED) is 0.663. The van der Waals surface area contributed by atoms with E-state index in [1.54, 1.807) is 18.2 Å². The van der Waals surface area contributed by atoms with Crippen LogP contribution in [0.15, 0.2) is 23.0 Å². The lowest BCUT2D eigenvalue weighted by atomic mass is 10.3. The number of nitrogens with two attached hydrogens (primary N) is 1. The van der Waals surface area contributed by atoms with Gasteiger partial charge < -0.3 is 10.7 Å². The molecule has 0 radical (unpaired) electrons. The Morgan fingerprint density at radius 1 is 1.46 bits per heavy atom. The highest BCUT2D eigenvalue weighted by molar-refractivity contribution is 6.31. The molecule has 0 amide bonds. The average Bonchev–Trinajstić information content (AvgIpc) is 2.08. The van der Waals surface area contributed by atoms with Crippen molar-refractivity contribution >= 4 is 28.5 Å². The van der Waals surface area contributed by atoms with E-state index in [0.29, 0.717) is 16.1 Å². The van der Waals surface area contributed by atoms with Crippen molar-refractivity contribution in [2.24, 2.45) is 0 Å². The zero-order chi connectivity index (χ0) is 9.42. The van der Waals surface area contributed by atoms with Gasteiger partial charge in [-0.3, -0.25) is 4.79 Å². The molecule has 0 aliphatic rings. The smallest absolute Gasteiger partial charge is 0.290 e. The van der Waals surface area contributed by atoms with Crippen LogP contribution in [0.2, 0.25) is 5.02 Å². The summed E-state index contributed by atoms with van der Waals surface area (Å²) in [6.45, 7) is 0. The average molecular weight is 196 g/mol. The Morgan fingerprint density at radius 2 is 2.23 bits per heavy atom. The van der Waals surface area contributed by atoms with E-state index >= 15 is 0 Å². The summed E-state index contributed by atoms with van der Waals surface area (Å²) in [5.41, 5.74) is 6.17. The molecule has 2 aromatic rings. The number of halogens is 1. The third-order valence-corrected chi connectivity index (χ3v) is 1.92. The van der Waals surface area contributed by atoms with Crippen molar-refractivity contribution in [1.82, 2.24) is 9.97 Å². The molecular weight excluding hydrogens is 190 g/mol. The van der Waals surface area contributed by atoms with Crippen molar-refractivity contribution in [1.29, 1.82) is 0 Å². The number of aromatic nitrogens is 2. The van der Waals surface area contributed by atoms with E-state index in [0.717, 1.165) is 0 Å². The Kier molecular flexibility index (Phi) is 1.70. The van der Waals surface area contributed by atoms with Gasteiger partial charge in [-0.05, 0) is 18.2 Å². The van der Waals surface area contributed by atoms with Crippen LogP contribution >= 0.6 is 11.6 Å². The third kappa shape index (κ3) is 1.36. The van der Waals surface area contributed by atoms with Crippen molar-refractivity contribution in [2.45, 2.75) is 0 Å². The molecule has 0 atom stereocenters. The molecule has 0 spiro atoms. The lowest BCUT2D eigenvalue weighted by molar-refractivity contribution is 1.23. The van der Waals surface area contributed by atoms with Crippen LogP contribution in [0.5, 0.6) is 0 Å². The van der Waals surface area contributed by atoms with Crippen LogP contribution < -0.4 is 11.3 Å². The van der Waals surface area contributed by atoms with E-state index in [-0.39, 0.29) is 11.4 Å². The number of aromatic amines is 1. The van der Waals surface area contributed by atoms with Crippen LogP contribution in [-0.4, -0.2) is 9.97 Å². The molecule has 1 heterocycles. The molecule has 13 heavy (non-hydrogen) atoms. The first kappa shape index (κ1) is 8.07. The second-order valence-electron chi connectivity index (χ2n) is 2.61. The molecule has 0 aliphatic carbocycles. The number of nitrogen functional groups attached to an aromatic ring is 1. The second kappa shape index (κ2) is 2.74. The molecule has 4 nitrogen and oxygen atoms in total. The third-order valence-electron chi connectivity index (χ3n) is 1.68. The number of hydrogen-bond donors (Lipinski definition) is 2. The van der Waals surface area contributed by atoms with E-state index in [1.165, 1.54) is 0 Å². The SMILES string of the molecule is Nc1nc2cc(Cl)ccc2[nH]c1=O. The Bertz CT molecular complexity index is 520. The van der Waals surface area contributed by atoms with Gasteiger partial charge in [0.15, 0.2) is 5.82 Å². The molecule has 66 valence electrons. The van der Waals surface area contributed by atoms with Gasteiger partial charge in [-0.25, -0.2) is 4.98 Å². The summed E-state index contributed by atoms with van der Waals surface area (Å²) in [7, 11) is 0. The lowest BCUT2D eigenvalue weighted by Gasteiger charge is -1.98. The maximum Gasteiger partial charge on any atom is 0.290 e. The zero-order valence-corrected chi connectivity index (χ0v) is 7.30. The van der Waals surface area contributed by atoms with E-state index in [2.05, 4.69) is 9.97 Å². The number of H-pyrrole nitrogens is 1. The highest BCUT2D eigenvalue weighted by Crippen LogP contribution is 2.14. The van der Waals surface area contributed by atoms with Gasteiger partial charge in [-0.15, -0.1) is 0 Å².